The molecule has 0 saturated heterocycles. The molecule has 0 aromatic heterocycles. The first-order valence-electron chi connectivity index (χ1n) is 6.12. The summed E-state index contributed by atoms with van der Waals surface area (Å²) in [5.74, 6) is -0.0995. The molecule has 100 valence electrons. The second kappa shape index (κ2) is 5.61. The van der Waals surface area contributed by atoms with Gasteiger partial charge in [-0.05, 0) is 38.3 Å². The van der Waals surface area contributed by atoms with Gasteiger partial charge in [0.15, 0.2) is 0 Å². The molecular weight excluding hydrogens is 250 g/mol. The summed E-state index contributed by atoms with van der Waals surface area (Å²) >= 11 is 6.13. The van der Waals surface area contributed by atoms with Gasteiger partial charge in [0.25, 0.3) is 5.91 Å². The van der Waals surface area contributed by atoms with Crippen molar-refractivity contribution >= 4 is 17.5 Å². The van der Waals surface area contributed by atoms with Crippen LogP contribution in [0.15, 0.2) is 12.1 Å². The van der Waals surface area contributed by atoms with Crippen molar-refractivity contribution in [3.05, 3.63) is 28.3 Å². The van der Waals surface area contributed by atoms with Gasteiger partial charge in [-0.1, -0.05) is 31.5 Å². The summed E-state index contributed by atoms with van der Waals surface area (Å²) in [7, 11) is 0. The van der Waals surface area contributed by atoms with E-state index in [2.05, 4.69) is 0 Å². The number of carbonyl (C=O) groups is 1. The van der Waals surface area contributed by atoms with Crippen LogP contribution in [0.1, 0.15) is 49.5 Å². The molecule has 0 unspecified atom stereocenters. The third-order valence-corrected chi connectivity index (χ3v) is 3.88. The Morgan fingerprint density at radius 2 is 1.94 bits per heavy atom. The van der Waals surface area contributed by atoms with E-state index < -0.39 is 5.91 Å². The molecule has 0 aliphatic heterocycles. The minimum Gasteiger partial charge on any atom is -0.487 e. The van der Waals surface area contributed by atoms with Crippen LogP contribution in [-0.4, -0.2) is 11.5 Å². The zero-order valence-electron chi connectivity index (χ0n) is 11.3. The molecule has 18 heavy (non-hydrogen) atoms. The van der Waals surface area contributed by atoms with Crippen LogP contribution in [0.25, 0.3) is 0 Å². The van der Waals surface area contributed by atoms with Crippen LogP contribution < -0.4 is 10.5 Å². The molecule has 0 heterocycles. The lowest BCUT2D eigenvalue weighted by Gasteiger charge is -2.29. The van der Waals surface area contributed by atoms with Crippen LogP contribution in [0.4, 0.5) is 0 Å². The fourth-order valence-corrected chi connectivity index (χ4v) is 1.89. The number of benzene rings is 1. The van der Waals surface area contributed by atoms with E-state index in [-0.39, 0.29) is 11.2 Å². The molecule has 1 amide bonds. The van der Waals surface area contributed by atoms with Gasteiger partial charge in [0.05, 0.1) is 10.6 Å². The first kappa shape index (κ1) is 14.8. The van der Waals surface area contributed by atoms with Crippen molar-refractivity contribution < 1.29 is 9.53 Å². The Balaban J connectivity index is 3.25. The predicted molar refractivity (Wildman–Crippen MR) is 74.3 cm³/mol. The van der Waals surface area contributed by atoms with Crippen molar-refractivity contribution in [2.45, 2.75) is 46.1 Å². The summed E-state index contributed by atoms with van der Waals surface area (Å²) in [6, 6.07) is 3.58. The fourth-order valence-electron chi connectivity index (χ4n) is 1.64. The standard InChI is InChI=1S/C14H20ClNO2/c1-5-14(4,6-2)18-10-8-7-9(3)12(15)11(10)13(16)17/h7-8H,5-6H2,1-4H3,(H2,16,17). The van der Waals surface area contributed by atoms with Gasteiger partial charge in [-0.3, -0.25) is 4.79 Å². The number of nitrogens with two attached hydrogens (primary N) is 1. The number of amides is 1. The maximum atomic E-state index is 11.5. The number of hydrogen-bond acceptors (Lipinski definition) is 2. The largest absolute Gasteiger partial charge is 0.487 e. The summed E-state index contributed by atoms with van der Waals surface area (Å²) < 4.78 is 5.94. The van der Waals surface area contributed by atoms with Crippen LogP contribution in [0.2, 0.25) is 5.02 Å². The normalized spacial score (nSPS) is 11.4. The Kier molecular flexibility index (Phi) is 4.63. The maximum absolute atomic E-state index is 11.5. The third kappa shape index (κ3) is 2.96. The van der Waals surface area contributed by atoms with Gasteiger partial charge < -0.3 is 10.5 Å². The van der Waals surface area contributed by atoms with E-state index in [1.54, 1.807) is 6.07 Å². The molecule has 0 radical (unpaired) electrons. The molecule has 0 aliphatic rings. The molecular formula is C14H20ClNO2. The zero-order chi connectivity index (χ0) is 13.9. The van der Waals surface area contributed by atoms with Crippen LogP contribution in [0.3, 0.4) is 0 Å². The number of aryl methyl sites for hydroxylation is 1. The summed E-state index contributed by atoms with van der Waals surface area (Å²) in [5, 5.41) is 0.370. The predicted octanol–water partition coefficient (Wildman–Crippen LogP) is 3.70. The van der Waals surface area contributed by atoms with E-state index in [0.29, 0.717) is 10.8 Å². The summed E-state index contributed by atoms with van der Waals surface area (Å²) in [6.07, 6.45) is 1.68. The monoisotopic (exact) mass is 269 g/mol. The Morgan fingerprint density at radius 1 is 1.39 bits per heavy atom. The van der Waals surface area contributed by atoms with Crippen molar-refractivity contribution in [1.82, 2.24) is 0 Å². The van der Waals surface area contributed by atoms with Gasteiger partial charge in [-0.15, -0.1) is 0 Å². The molecule has 4 heteroatoms. The molecule has 0 fully saturated rings. The van der Waals surface area contributed by atoms with E-state index >= 15 is 0 Å². The van der Waals surface area contributed by atoms with Crippen molar-refractivity contribution in [2.24, 2.45) is 5.73 Å². The molecule has 0 saturated carbocycles. The average molecular weight is 270 g/mol. The molecule has 1 rings (SSSR count). The third-order valence-electron chi connectivity index (χ3n) is 3.40. The van der Waals surface area contributed by atoms with E-state index in [1.165, 1.54) is 0 Å². The van der Waals surface area contributed by atoms with Crippen LogP contribution in [0, 0.1) is 6.92 Å². The second-order valence-corrected chi connectivity index (χ2v) is 5.07. The SMILES string of the molecule is CCC(C)(CC)Oc1ccc(C)c(Cl)c1C(N)=O. The van der Waals surface area contributed by atoms with Gasteiger partial charge in [0.2, 0.25) is 0 Å². The summed E-state index contributed by atoms with van der Waals surface area (Å²) in [6.45, 7) is 7.93. The Bertz CT molecular complexity index is 453. The number of rotatable bonds is 5. The lowest BCUT2D eigenvalue weighted by atomic mass is 9.99. The summed E-state index contributed by atoms with van der Waals surface area (Å²) in [4.78, 5) is 11.5. The number of primary amides is 1. The molecule has 0 bridgehead atoms. The van der Waals surface area contributed by atoms with E-state index in [9.17, 15) is 4.79 Å². The van der Waals surface area contributed by atoms with Crippen LogP contribution >= 0.6 is 11.6 Å². The molecule has 0 aliphatic carbocycles. The first-order chi connectivity index (χ1) is 8.34. The highest BCUT2D eigenvalue weighted by Gasteiger charge is 2.25. The number of hydrogen-bond donors (Lipinski definition) is 1. The van der Waals surface area contributed by atoms with Gasteiger partial charge in [-0.25, -0.2) is 0 Å². The minimum absolute atomic E-state index is 0.268. The Morgan fingerprint density at radius 3 is 2.39 bits per heavy atom. The van der Waals surface area contributed by atoms with Crippen LogP contribution in [-0.2, 0) is 0 Å². The highest BCUT2D eigenvalue weighted by Crippen LogP contribution is 2.33. The number of ether oxygens (including phenoxy) is 1. The smallest absolute Gasteiger partial charge is 0.254 e. The maximum Gasteiger partial charge on any atom is 0.254 e. The van der Waals surface area contributed by atoms with Gasteiger partial charge in [0.1, 0.15) is 11.4 Å². The Labute approximate surface area is 113 Å². The van der Waals surface area contributed by atoms with Gasteiger partial charge in [0, 0.05) is 0 Å². The topological polar surface area (TPSA) is 52.3 Å². The Hall–Kier alpha value is -1.22. The molecule has 0 atom stereocenters. The van der Waals surface area contributed by atoms with Gasteiger partial charge >= 0.3 is 0 Å². The van der Waals surface area contributed by atoms with Crippen molar-refractivity contribution in [1.29, 1.82) is 0 Å². The lowest BCUT2D eigenvalue weighted by molar-refractivity contribution is 0.0773. The minimum atomic E-state index is -0.562. The number of carbonyl (C=O) groups excluding carboxylic acids is 1. The van der Waals surface area contributed by atoms with E-state index in [4.69, 9.17) is 22.1 Å². The highest BCUT2D eigenvalue weighted by atomic mass is 35.5. The number of halogens is 1. The lowest BCUT2D eigenvalue weighted by Crippen LogP contribution is -2.31. The fraction of sp³-hybridized carbons (Fsp3) is 0.500. The van der Waals surface area contributed by atoms with E-state index in [0.717, 1.165) is 18.4 Å². The molecule has 3 nitrogen and oxygen atoms in total. The van der Waals surface area contributed by atoms with Crippen molar-refractivity contribution in [3.8, 4) is 5.75 Å². The van der Waals surface area contributed by atoms with Gasteiger partial charge in [-0.2, -0.15) is 0 Å². The molecule has 2 N–H and O–H groups in total. The second-order valence-electron chi connectivity index (χ2n) is 4.69. The zero-order valence-corrected chi connectivity index (χ0v) is 12.1. The molecule has 1 aromatic carbocycles. The summed E-state index contributed by atoms with van der Waals surface area (Å²) in [5.41, 5.74) is 6.15. The molecule has 0 spiro atoms. The molecule has 1 aromatic rings. The first-order valence-corrected chi connectivity index (χ1v) is 6.50. The van der Waals surface area contributed by atoms with Crippen molar-refractivity contribution in [3.63, 3.8) is 0 Å². The quantitative estimate of drug-likeness (QED) is 0.886. The average Bonchev–Trinajstić information content (AvgIpc) is 2.33. The van der Waals surface area contributed by atoms with Crippen LogP contribution in [0.5, 0.6) is 5.75 Å². The van der Waals surface area contributed by atoms with Crippen molar-refractivity contribution in [2.75, 3.05) is 0 Å². The van der Waals surface area contributed by atoms with E-state index in [1.807, 2.05) is 33.8 Å². The highest BCUT2D eigenvalue weighted by molar-refractivity contribution is 6.35.